The van der Waals surface area contributed by atoms with E-state index in [-0.39, 0.29) is 29.5 Å². The molecule has 2 aromatic rings. The number of benzene rings is 2. The molecule has 8 heteroatoms. The second-order valence-corrected chi connectivity index (χ2v) is 6.06. The molecule has 0 bridgehead atoms. The zero-order valence-corrected chi connectivity index (χ0v) is 15.7. The van der Waals surface area contributed by atoms with Gasteiger partial charge in [-0.25, -0.2) is 4.79 Å². The second-order valence-electron chi connectivity index (χ2n) is 6.06. The maximum absolute atomic E-state index is 12.1. The smallest absolute Gasteiger partial charge is 0.338 e. The number of carbonyl (C=O) groups is 2. The molecule has 0 spiro atoms. The van der Waals surface area contributed by atoms with E-state index in [0.717, 1.165) is 11.6 Å². The SMILES string of the molecule is CCOc1ccc(C(=O)OCC(=O)NC[C@H](C)c2ccccc2)cc1[N+](=O)[O-]. The highest BCUT2D eigenvalue weighted by Gasteiger charge is 2.20. The lowest BCUT2D eigenvalue weighted by molar-refractivity contribution is -0.385. The molecule has 0 heterocycles. The van der Waals surface area contributed by atoms with Crippen LogP contribution < -0.4 is 10.1 Å². The van der Waals surface area contributed by atoms with Crippen molar-refractivity contribution in [3.8, 4) is 5.75 Å². The van der Waals surface area contributed by atoms with Crippen molar-refractivity contribution in [2.75, 3.05) is 19.8 Å². The Hall–Kier alpha value is -3.42. The zero-order valence-electron chi connectivity index (χ0n) is 15.7. The van der Waals surface area contributed by atoms with Crippen molar-refractivity contribution < 1.29 is 24.0 Å². The van der Waals surface area contributed by atoms with Crippen LogP contribution in [0.5, 0.6) is 5.75 Å². The number of rotatable bonds is 9. The maximum Gasteiger partial charge on any atom is 0.338 e. The minimum Gasteiger partial charge on any atom is -0.487 e. The first kappa shape index (κ1) is 20.9. The van der Waals surface area contributed by atoms with E-state index in [2.05, 4.69) is 5.32 Å². The van der Waals surface area contributed by atoms with Gasteiger partial charge < -0.3 is 14.8 Å². The van der Waals surface area contributed by atoms with E-state index in [1.54, 1.807) is 6.92 Å². The van der Waals surface area contributed by atoms with Gasteiger partial charge in [0.1, 0.15) is 0 Å². The molecule has 2 rings (SSSR count). The van der Waals surface area contributed by atoms with Gasteiger partial charge in [-0.1, -0.05) is 37.3 Å². The number of hydrogen-bond donors (Lipinski definition) is 1. The topological polar surface area (TPSA) is 108 Å². The lowest BCUT2D eigenvalue weighted by Crippen LogP contribution is -2.31. The lowest BCUT2D eigenvalue weighted by Gasteiger charge is -2.13. The lowest BCUT2D eigenvalue weighted by atomic mass is 10.0. The molecule has 1 amide bonds. The van der Waals surface area contributed by atoms with E-state index in [1.165, 1.54) is 12.1 Å². The predicted molar refractivity (Wildman–Crippen MR) is 102 cm³/mol. The van der Waals surface area contributed by atoms with Crippen molar-refractivity contribution in [3.05, 3.63) is 69.8 Å². The summed E-state index contributed by atoms with van der Waals surface area (Å²) in [6.45, 7) is 3.85. The first-order chi connectivity index (χ1) is 13.4. The quantitative estimate of drug-likeness (QED) is 0.403. The molecule has 0 aromatic heterocycles. The minimum atomic E-state index is -0.822. The molecule has 0 aliphatic heterocycles. The highest BCUT2D eigenvalue weighted by atomic mass is 16.6. The van der Waals surface area contributed by atoms with Crippen molar-refractivity contribution in [2.24, 2.45) is 0 Å². The number of nitro benzene ring substituents is 1. The van der Waals surface area contributed by atoms with Gasteiger partial charge in [-0.2, -0.15) is 0 Å². The third-order valence-corrected chi connectivity index (χ3v) is 4.00. The monoisotopic (exact) mass is 386 g/mol. The van der Waals surface area contributed by atoms with Gasteiger partial charge >= 0.3 is 11.7 Å². The molecule has 0 aliphatic rings. The number of nitro groups is 1. The van der Waals surface area contributed by atoms with Crippen LogP contribution in [0.25, 0.3) is 0 Å². The highest BCUT2D eigenvalue weighted by molar-refractivity contribution is 5.92. The van der Waals surface area contributed by atoms with Crippen LogP contribution in [0.3, 0.4) is 0 Å². The van der Waals surface area contributed by atoms with Gasteiger partial charge in [0, 0.05) is 12.6 Å². The summed E-state index contributed by atoms with van der Waals surface area (Å²) in [5, 5.41) is 13.8. The van der Waals surface area contributed by atoms with E-state index in [4.69, 9.17) is 9.47 Å². The van der Waals surface area contributed by atoms with Crippen molar-refractivity contribution >= 4 is 17.6 Å². The Morgan fingerprint density at radius 3 is 2.54 bits per heavy atom. The molecular weight excluding hydrogens is 364 g/mol. The molecule has 2 aromatic carbocycles. The average Bonchev–Trinajstić information content (AvgIpc) is 2.71. The zero-order chi connectivity index (χ0) is 20.5. The first-order valence-corrected chi connectivity index (χ1v) is 8.82. The van der Waals surface area contributed by atoms with Crippen LogP contribution in [0.4, 0.5) is 5.69 Å². The summed E-state index contributed by atoms with van der Waals surface area (Å²) in [4.78, 5) is 34.5. The van der Waals surface area contributed by atoms with Crippen molar-refractivity contribution in [2.45, 2.75) is 19.8 Å². The van der Waals surface area contributed by atoms with Gasteiger partial charge in [0.15, 0.2) is 12.4 Å². The third-order valence-electron chi connectivity index (χ3n) is 4.00. The Labute approximate surface area is 162 Å². The summed E-state index contributed by atoms with van der Waals surface area (Å²) in [6.07, 6.45) is 0. The Morgan fingerprint density at radius 1 is 1.18 bits per heavy atom. The number of ether oxygens (including phenoxy) is 2. The van der Waals surface area contributed by atoms with Crippen LogP contribution >= 0.6 is 0 Å². The van der Waals surface area contributed by atoms with Gasteiger partial charge in [0.25, 0.3) is 5.91 Å². The molecule has 0 fully saturated rings. The van der Waals surface area contributed by atoms with Gasteiger partial charge in [-0.05, 0) is 30.5 Å². The molecule has 28 heavy (non-hydrogen) atoms. The standard InChI is InChI=1S/C20H22N2O6/c1-3-27-18-10-9-16(11-17(18)22(25)26)20(24)28-13-19(23)21-12-14(2)15-7-5-4-6-8-15/h4-11,14H,3,12-13H2,1-2H3,(H,21,23)/t14-/m0/s1. The van der Waals surface area contributed by atoms with E-state index < -0.39 is 23.4 Å². The van der Waals surface area contributed by atoms with Gasteiger partial charge in [0.2, 0.25) is 0 Å². The number of amides is 1. The summed E-state index contributed by atoms with van der Waals surface area (Å²) in [5.74, 6) is -1.10. The number of carbonyl (C=O) groups excluding carboxylic acids is 2. The van der Waals surface area contributed by atoms with E-state index in [0.29, 0.717) is 6.54 Å². The van der Waals surface area contributed by atoms with Crippen LogP contribution in [0, 0.1) is 10.1 Å². The molecule has 0 unspecified atom stereocenters. The summed E-state index contributed by atoms with van der Waals surface area (Å²) in [7, 11) is 0. The largest absolute Gasteiger partial charge is 0.487 e. The maximum atomic E-state index is 12.1. The number of nitrogens with zero attached hydrogens (tertiary/aromatic N) is 1. The van der Waals surface area contributed by atoms with Gasteiger partial charge in [-0.15, -0.1) is 0 Å². The Bertz CT molecular complexity index is 838. The molecule has 148 valence electrons. The van der Waals surface area contributed by atoms with Crippen LogP contribution in [-0.4, -0.2) is 36.6 Å². The fourth-order valence-corrected chi connectivity index (χ4v) is 2.50. The first-order valence-electron chi connectivity index (χ1n) is 8.82. The number of esters is 1. The van der Waals surface area contributed by atoms with Crippen LogP contribution in [-0.2, 0) is 9.53 Å². The van der Waals surface area contributed by atoms with E-state index in [9.17, 15) is 19.7 Å². The Morgan fingerprint density at radius 2 is 1.89 bits per heavy atom. The third kappa shape index (κ3) is 5.80. The average molecular weight is 386 g/mol. The fraction of sp³-hybridized carbons (Fsp3) is 0.300. The van der Waals surface area contributed by atoms with E-state index in [1.807, 2.05) is 37.3 Å². The molecule has 1 N–H and O–H groups in total. The van der Waals surface area contributed by atoms with Gasteiger partial charge in [0.05, 0.1) is 17.1 Å². The molecule has 0 saturated heterocycles. The highest BCUT2D eigenvalue weighted by Crippen LogP contribution is 2.28. The Balaban J connectivity index is 1.88. The van der Waals surface area contributed by atoms with E-state index >= 15 is 0 Å². The van der Waals surface area contributed by atoms with Crippen molar-refractivity contribution in [3.63, 3.8) is 0 Å². The van der Waals surface area contributed by atoms with Crippen LogP contribution in [0.2, 0.25) is 0 Å². The summed E-state index contributed by atoms with van der Waals surface area (Å²) in [6, 6.07) is 13.5. The summed E-state index contributed by atoms with van der Waals surface area (Å²) < 4.78 is 10.1. The van der Waals surface area contributed by atoms with Crippen LogP contribution in [0.1, 0.15) is 35.7 Å². The Kier molecular flexibility index (Phi) is 7.50. The van der Waals surface area contributed by atoms with Gasteiger partial charge in [-0.3, -0.25) is 14.9 Å². The molecule has 1 atom stereocenters. The van der Waals surface area contributed by atoms with Crippen molar-refractivity contribution in [1.29, 1.82) is 0 Å². The molecule has 0 radical (unpaired) electrons. The van der Waals surface area contributed by atoms with Crippen molar-refractivity contribution in [1.82, 2.24) is 5.32 Å². The molecule has 8 nitrogen and oxygen atoms in total. The second kappa shape index (κ2) is 10.1. The fourth-order valence-electron chi connectivity index (χ4n) is 2.50. The normalized spacial score (nSPS) is 11.4. The molecule has 0 saturated carbocycles. The van der Waals surface area contributed by atoms with Crippen LogP contribution in [0.15, 0.2) is 48.5 Å². The number of nitrogens with one attached hydrogen (secondary N) is 1. The minimum absolute atomic E-state index is 0.0272. The predicted octanol–water partition coefficient (Wildman–Crippen LogP) is 3.07. The molecule has 0 aliphatic carbocycles. The summed E-state index contributed by atoms with van der Waals surface area (Å²) >= 11 is 0. The number of hydrogen-bond acceptors (Lipinski definition) is 6. The summed E-state index contributed by atoms with van der Waals surface area (Å²) in [5.41, 5.74) is 0.722. The molecular formula is C20H22N2O6.